The fraction of sp³-hybridized carbons (Fsp3) is 0.571. The SMILES string of the molecule is CC1(C)C(NCc2c(Cl)cccc2Cl)C1(C)C. The van der Waals surface area contributed by atoms with Gasteiger partial charge in [-0.15, -0.1) is 0 Å². The molecule has 1 aliphatic carbocycles. The van der Waals surface area contributed by atoms with Crippen LogP contribution in [-0.2, 0) is 6.54 Å². The molecule has 0 saturated heterocycles. The van der Waals surface area contributed by atoms with Crippen molar-refractivity contribution in [2.45, 2.75) is 40.3 Å². The first kappa shape index (κ1) is 13.2. The van der Waals surface area contributed by atoms with Crippen LogP contribution in [0, 0.1) is 10.8 Å². The predicted molar refractivity (Wildman–Crippen MR) is 74.7 cm³/mol. The molecule has 0 unspecified atom stereocenters. The topological polar surface area (TPSA) is 12.0 Å². The molecule has 0 atom stereocenters. The van der Waals surface area contributed by atoms with Crippen LogP contribution in [-0.4, -0.2) is 6.04 Å². The van der Waals surface area contributed by atoms with Crippen LogP contribution in [0.5, 0.6) is 0 Å². The quantitative estimate of drug-likeness (QED) is 0.853. The first-order valence-corrected chi connectivity index (χ1v) is 6.70. The van der Waals surface area contributed by atoms with Crippen LogP contribution in [0.15, 0.2) is 18.2 Å². The van der Waals surface area contributed by atoms with E-state index in [1.165, 1.54) is 0 Å². The zero-order valence-electron chi connectivity index (χ0n) is 10.8. The molecule has 0 bridgehead atoms. The number of hydrogen-bond donors (Lipinski definition) is 1. The number of hydrogen-bond acceptors (Lipinski definition) is 1. The Balaban J connectivity index is 2.06. The molecule has 0 radical (unpaired) electrons. The maximum atomic E-state index is 6.15. The van der Waals surface area contributed by atoms with Gasteiger partial charge >= 0.3 is 0 Å². The molecule has 1 aliphatic rings. The Kier molecular flexibility index (Phi) is 3.22. The smallest absolute Gasteiger partial charge is 0.0465 e. The van der Waals surface area contributed by atoms with Gasteiger partial charge in [0.15, 0.2) is 0 Å². The first-order chi connectivity index (χ1) is 7.78. The number of rotatable bonds is 3. The van der Waals surface area contributed by atoms with Gasteiger partial charge in [-0.25, -0.2) is 0 Å². The van der Waals surface area contributed by atoms with E-state index in [0.717, 1.165) is 22.2 Å². The Morgan fingerprint density at radius 3 is 1.94 bits per heavy atom. The second kappa shape index (κ2) is 4.15. The van der Waals surface area contributed by atoms with Crippen LogP contribution < -0.4 is 5.32 Å². The van der Waals surface area contributed by atoms with Crippen molar-refractivity contribution < 1.29 is 0 Å². The summed E-state index contributed by atoms with van der Waals surface area (Å²) in [5.41, 5.74) is 1.66. The summed E-state index contributed by atoms with van der Waals surface area (Å²) in [7, 11) is 0. The molecule has 1 fully saturated rings. The zero-order chi connectivity index (χ0) is 12.8. The first-order valence-electron chi connectivity index (χ1n) is 5.95. The summed E-state index contributed by atoms with van der Waals surface area (Å²) >= 11 is 12.3. The molecule has 3 heteroatoms. The summed E-state index contributed by atoms with van der Waals surface area (Å²) in [5, 5.41) is 5.04. The Bertz CT molecular complexity index is 404. The molecule has 1 N–H and O–H groups in total. The monoisotopic (exact) mass is 271 g/mol. The van der Waals surface area contributed by atoms with Crippen LogP contribution in [0.3, 0.4) is 0 Å². The number of halogens is 2. The molecule has 0 heterocycles. The van der Waals surface area contributed by atoms with E-state index >= 15 is 0 Å². The van der Waals surface area contributed by atoms with Gasteiger partial charge in [-0.3, -0.25) is 0 Å². The lowest BCUT2D eigenvalue weighted by Crippen LogP contribution is -2.22. The second-order valence-corrected chi connectivity index (χ2v) is 6.77. The van der Waals surface area contributed by atoms with Crippen molar-refractivity contribution >= 4 is 23.2 Å². The van der Waals surface area contributed by atoms with Crippen molar-refractivity contribution in [2.75, 3.05) is 0 Å². The average Bonchev–Trinajstić information content (AvgIpc) is 2.59. The Hall–Kier alpha value is -0.240. The van der Waals surface area contributed by atoms with Gasteiger partial charge < -0.3 is 5.32 Å². The zero-order valence-corrected chi connectivity index (χ0v) is 12.3. The Morgan fingerprint density at radius 2 is 1.53 bits per heavy atom. The fourth-order valence-corrected chi connectivity index (χ4v) is 3.14. The molecular formula is C14H19Cl2N. The largest absolute Gasteiger partial charge is 0.309 e. The van der Waals surface area contributed by atoms with Crippen molar-refractivity contribution in [3.05, 3.63) is 33.8 Å². The normalized spacial score (nSPS) is 21.5. The van der Waals surface area contributed by atoms with E-state index in [1.807, 2.05) is 18.2 Å². The van der Waals surface area contributed by atoms with E-state index in [0.29, 0.717) is 16.9 Å². The van der Waals surface area contributed by atoms with Gasteiger partial charge in [0.05, 0.1) is 0 Å². The molecule has 1 nitrogen and oxygen atoms in total. The van der Waals surface area contributed by atoms with Gasteiger partial charge in [0, 0.05) is 28.2 Å². The predicted octanol–water partition coefficient (Wildman–Crippen LogP) is 4.52. The summed E-state index contributed by atoms with van der Waals surface area (Å²) in [6.07, 6.45) is 0. The lowest BCUT2D eigenvalue weighted by Gasteiger charge is -2.10. The minimum Gasteiger partial charge on any atom is -0.309 e. The van der Waals surface area contributed by atoms with E-state index in [9.17, 15) is 0 Å². The minimum absolute atomic E-state index is 0.334. The van der Waals surface area contributed by atoms with E-state index in [-0.39, 0.29) is 0 Å². The van der Waals surface area contributed by atoms with E-state index in [2.05, 4.69) is 33.0 Å². The minimum atomic E-state index is 0.334. The molecule has 1 aromatic carbocycles. The Morgan fingerprint density at radius 1 is 1.06 bits per heavy atom. The standard InChI is InChI=1S/C14H19Cl2N/c1-13(2)12(14(13,3)4)17-8-9-10(15)6-5-7-11(9)16/h5-7,12,17H,8H2,1-4H3. The highest BCUT2D eigenvalue weighted by Crippen LogP contribution is 2.62. The highest BCUT2D eigenvalue weighted by atomic mass is 35.5. The molecule has 1 aromatic rings. The highest BCUT2D eigenvalue weighted by Gasteiger charge is 2.64. The van der Waals surface area contributed by atoms with Crippen LogP contribution in [0.1, 0.15) is 33.3 Å². The van der Waals surface area contributed by atoms with Crippen molar-refractivity contribution in [1.82, 2.24) is 5.32 Å². The van der Waals surface area contributed by atoms with E-state index in [4.69, 9.17) is 23.2 Å². The molecule has 17 heavy (non-hydrogen) atoms. The van der Waals surface area contributed by atoms with Crippen molar-refractivity contribution in [1.29, 1.82) is 0 Å². The molecular weight excluding hydrogens is 253 g/mol. The van der Waals surface area contributed by atoms with Gasteiger partial charge in [0.2, 0.25) is 0 Å². The molecule has 94 valence electrons. The van der Waals surface area contributed by atoms with Gasteiger partial charge in [0.25, 0.3) is 0 Å². The maximum absolute atomic E-state index is 6.15. The van der Waals surface area contributed by atoms with Crippen molar-refractivity contribution in [2.24, 2.45) is 10.8 Å². The summed E-state index contributed by atoms with van der Waals surface area (Å²) in [4.78, 5) is 0. The molecule has 0 aromatic heterocycles. The van der Waals surface area contributed by atoms with Crippen molar-refractivity contribution in [3.8, 4) is 0 Å². The fourth-order valence-electron chi connectivity index (χ4n) is 2.61. The van der Waals surface area contributed by atoms with Gasteiger partial charge in [-0.2, -0.15) is 0 Å². The van der Waals surface area contributed by atoms with Gasteiger partial charge in [-0.1, -0.05) is 57.0 Å². The van der Waals surface area contributed by atoms with Gasteiger partial charge in [0.1, 0.15) is 0 Å². The van der Waals surface area contributed by atoms with E-state index < -0.39 is 0 Å². The van der Waals surface area contributed by atoms with E-state index in [1.54, 1.807) is 0 Å². The lowest BCUT2D eigenvalue weighted by molar-refractivity contribution is 0.457. The summed E-state index contributed by atoms with van der Waals surface area (Å²) in [5.74, 6) is 0. The van der Waals surface area contributed by atoms with Crippen molar-refractivity contribution in [3.63, 3.8) is 0 Å². The third-order valence-electron chi connectivity index (χ3n) is 4.57. The summed E-state index contributed by atoms with van der Waals surface area (Å²) in [6.45, 7) is 9.89. The summed E-state index contributed by atoms with van der Waals surface area (Å²) < 4.78 is 0. The summed E-state index contributed by atoms with van der Waals surface area (Å²) in [6, 6.07) is 6.16. The average molecular weight is 272 g/mol. The number of benzene rings is 1. The molecule has 0 aliphatic heterocycles. The Labute approximate surface area is 114 Å². The van der Waals surface area contributed by atoms with Crippen LogP contribution >= 0.6 is 23.2 Å². The molecule has 0 spiro atoms. The lowest BCUT2D eigenvalue weighted by atomic mass is 10.0. The van der Waals surface area contributed by atoms with Crippen LogP contribution in [0.25, 0.3) is 0 Å². The second-order valence-electron chi connectivity index (χ2n) is 5.96. The number of nitrogens with one attached hydrogen (secondary N) is 1. The van der Waals surface area contributed by atoms with Gasteiger partial charge in [-0.05, 0) is 23.0 Å². The maximum Gasteiger partial charge on any atom is 0.0465 e. The third-order valence-corrected chi connectivity index (χ3v) is 5.27. The molecule has 0 amide bonds. The molecule has 2 rings (SSSR count). The van der Waals surface area contributed by atoms with Crippen LogP contribution in [0.4, 0.5) is 0 Å². The van der Waals surface area contributed by atoms with Crippen LogP contribution in [0.2, 0.25) is 10.0 Å². The highest BCUT2D eigenvalue weighted by molar-refractivity contribution is 6.35. The molecule has 1 saturated carbocycles. The third kappa shape index (κ3) is 2.09.